The third-order valence-electron chi connectivity index (χ3n) is 5.05. The van der Waals surface area contributed by atoms with E-state index < -0.39 is 5.97 Å². The van der Waals surface area contributed by atoms with Crippen molar-refractivity contribution in [2.75, 3.05) is 0 Å². The van der Waals surface area contributed by atoms with Crippen molar-refractivity contribution in [1.82, 2.24) is 4.98 Å². The molecule has 0 saturated carbocycles. The van der Waals surface area contributed by atoms with Gasteiger partial charge >= 0.3 is 5.97 Å². The molecule has 1 N–H and O–H groups in total. The second-order valence-corrected chi connectivity index (χ2v) is 6.96. The van der Waals surface area contributed by atoms with Crippen LogP contribution < -0.4 is 4.74 Å². The van der Waals surface area contributed by atoms with Gasteiger partial charge < -0.3 is 9.84 Å². The zero-order valence-corrected chi connectivity index (χ0v) is 15.8. The molecule has 0 amide bonds. The summed E-state index contributed by atoms with van der Waals surface area (Å²) in [5, 5.41) is 9.29. The van der Waals surface area contributed by atoms with Gasteiger partial charge in [0.15, 0.2) is 0 Å². The van der Waals surface area contributed by atoms with E-state index in [1.165, 1.54) is 18.2 Å². The fourth-order valence-electron chi connectivity index (χ4n) is 3.64. The lowest BCUT2D eigenvalue weighted by molar-refractivity contribution is 0.0696. The first-order chi connectivity index (χ1) is 14.1. The molecule has 2 aromatic carbocycles. The molecule has 0 aliphatic heterocycles. The van der Waals surface area contributed by atoms with E-state index in [1.54, 1.807) is 24.4 Å². The molecular formula is C24H20FNO3. The second-order valence-electron chi connectivity index (χ2n) is 6.96. The van der Waals surface area contributed by atoms with E-state index >= 15 is 0 Å². The zero-order chi connectivity index (χ0) is 20.2. The van der Waals surface area contributed by atoms with Crippen molar-refractivity contribution in [2.24, 2.45) is 0 Å². The zero-order valence-electron chi connectivity index (χ0n) is 15.8. The molecule has 29 heavy (non-hydrogen) atoms. The Morgan fingerprint density at radius 2 is 1.79 bits per heavy atom. The highest BCUT2D eigenvalue weighted by atomic mass is 19.1. The van der Waals surface area contributed by atoms with Gasteiger partial charge in [0.1, 0.15) is 18.2 Å². The number of benzene rings is 2. The normalized spacial score (nSPS) is 13.6. The maximum atomic E-state index is 13.1. The number of aromatic carboxylic acids is 1. The number of halogens is 1. The Hall–Kier alpha value is -3.47. The number of hydrogen-bond donors (Lipinski definition) is 1. The molecule has 0 fully saturated rings. The van der Waals surface area contributed by atoms with E-state index in [1.807, 2.05) is 24.3 Å². The van der Waals surface area contributed by atoms with Crippen molar-refractivity contribution < 1.29 is 19.0 Å². The third kappa shape index (κ3) is 4.19. The molecule has 146 valence electrons. The lowest BCUT2D eigenvalue weighted by Crippen LogP contribution is -2.00. The van der Waals surface area contributed by atoms with Crippen molar-refractivity contribution >= 4 is 17.1 Å². The SMILES string of the molecule is O=C(O)c1ccnc(C2=C(c3ccccc3OCc3ccc(F)cc3)CCC2)c1. The first-order valence-electron chi connectivity index (χ1n) is 9.50. The minimum atomic E-state index is -0.961. The van der Waals surface area contributed by atoms with E-state index in [2.05, 4.69) is 4.98 Å². The number of ether oxygens (including phenoxy) is 1. The molecule has 5 heteroatoms. The summed E-state index contributed by atoms with van der Waals surface area (Å²) in [7, 11) is 0. The molecule has 4 nitrogen and oxygen atoms in total. The number of carboxylic acid groups (broad SMARTS) is 1. The van der Waals surface area contributed by atoms with E-state index in [0.717, 1.165) is 47.3 Å². The largest absolute Gasteiger partial charge is 0.488 e. The Balaban J connectivity index is 1.66. The van der Waals surface area contributed by atoms with Crippen molar-refractivity contribution in [3.05, 3.63) is 95.1 Å². The Morgan fingerprint density at radius 3 is 2.59 bits per heavy atom. The topological polar surface area (TPSA) is 59.4 Å². The predicted molar refractivity (Wildman–Crippen MR) is 109 cm³/mol. The average Bonchev–Trinajstić information content (AvgIpc) is 3.23. The predicted octanol–water partition coefficient (Wildman–Crippen LogP) is 5.59. The number of aromatic nitrogens is 1. The molecule has 4 rings (SSSR count). The van der Waals surface area contributed by atoms with Gasteiger partial charge in [0.2, 0.25) is 0 Å². The van der Waals surface area contributed by atoms with Crippen LogP contribution in [0.3, 0.4) is 0 Å². The summed E-state index contributed by atoms with van der Waals surface area (Å²) in [4.78, 5) is 15.7. The van der Waals surface area contributed by atoms with E-state index in [-0.39, 0.29) is 11.4 Å². The summed E-state index contributed by atoms with van der Waals surface area (Å²) in [5.41, 5.74) is 5.00. The molecule has 1 heterocycles. The number of allylic oxidation sites excluding steroid dienone is 2. The quantitative estimate of drug-likeness (QED) is 0.597. The number of para-hydroxylation sites is 1. The van der Waals surface area contributed by atoms with Crippen molar-refractivity contribution in [3.63, 3.8) is 0 Å². The molecule has 1 aliphatic rings. The van der Waals surface area contributed by atoms with Crippen LogP contribution in [-0.2, 0) is 6.61 Å². The Morgan fingerprint density at radius 1 is 1.03 bits per heavy atom. The fraction of sp³-hybridized carbons (Fsp3) is 0.167. The van der Waals surface area contributed by atoms with Gasteiger partial charge in [0.05, 0.1) is 11.3 Å². The van der Waals surface area contributed by atoms with Gasteiger partial charge in [-0.15, -0.1) is 0 Å². The highest BCUT2D eigenvalue weighted by molar-refractivity contribution is 5.95. The minimum absolute atomic E-state index is 0.231. The minimum Gasteiger partial charge on any atom is -0.488 e. The first-order valence-corrected chi connectivity index (χ1v) is 9.50. The lowest BCUT2D eigenvalue weighted by atomic mass is 9.98. The van der Waals surface area contributed by atoms with Gasteiger partial charge in [-0.2, -0.15) is 0 Å². The van der Waals surface area contributed by atoms with Gasteiger partial charge in [-0.3, -0.25) is 4.98 Å². The Bertz CT molecular complexity index is 1070. The monoisotopic (exact) mass is 389 g/mol. The van der Waals surface area contributed by atoms with Crippen LogP contribution in [0.2, 0.25) is 0 Å². The number of pyridine rings is 1. The van der Waals surface area contributed by atoms with Crippen LogP contribution in [0.25, 0.3) is 11.1 Å². The Labute approximate surface area is 168 Å². The lowest BCUT2D eigenvalue weighted by Gasteiger charge is -2.14. The highest BCUT2D eigenvalue weighted by Gasteiger charge is 2.22. The molecule has 0 unspecified atom stereocenters. The summed E-state index contributed by atoms with van der Waals surface area (Å²) in [6.45, 7) is 0.340. The number of rotatable bonds is 6. The molecule has 0 radical (unpaired) electrons. The third-order valence-corrected chi connectivity index (χ3v) is 5.05. The highest BCUT2D eigenvalue weighted by Crippen LogP contribution is 2.42. The van der Waals surface area contributed by atoms with E-state index in [0.29, 0.717) is 12.3 Å². The standard InChI is InChI=1S/C24H20FNO3/c25-18-10-8-16(9-11-18)15-29-23-7-2-1-4-21(23)19-5-3-6-20(19)22-14-17(24(27)28)12-13-26-22/h1-2,4,7-14H,3,5-6,15H2,(H,27,28). The van der Waals surface area contributed by atoms with E-state index in [4.69, 9.17) is 4.74 Å². The molecular weight excluding hydrogens is 369 g/mol. The molecule has 3 aromatic rings. The maximum absolute atomic E-state index is 13.1. The number of carboxylic acids is 1. The molecule has 0 atom stereocenters. The number of hydrogen-bond acceptors (Lipinski definition) is 3. The van der Waals surface area contributed by atoms with Crippen LogP contribution in [0.15, 0.2) is 66.9 Å². The van der Waals surface area contributed by atoms with Crippen molar-refractivity contribution in [2.45, 2.75) is 25.9 Å². The average molecular weight is 389 g/mol. The van der Waals surface area contributed by atoms with Crippen LogP contribution in [-0.4, -0.2) is 16.1 Å². The van der Waals surface area contributed by atoms with Crippen LogP contribution >= 0.6 is 0 Å². The molecule has 0 saturated heterocycles. The number of carbonyl (C=O) groups is 1. The summed E-state index contributed by atoms with van der Waals surface area (Å²) < 4.78 is 19.2. The molecule has 0 spiro atoms. The summed E-state index contributed by atoms with van der Waals surface area (Å²) in [6, 6.07) is 17.2. The van der Waals surface area contributed by atoms with Crippen LogP contribution in [0.4, 0.5) is 4.39 Å². The van der Waals surface area contributed by atoms with Crippen LogP contribution in [0.1, 0.15) is 46.4 Å². The van der Waals surface area contributed by atoms with Gasteiger partial charge in [0.25, 0.3) is 0 Å². The first kappa shape index (κ1) is 18.9. The Kier molecular flexibility index (Phi) is 5.38. The summed E-state index contributed by atoms with van der Waals surface area (Å²) in [5.74, 6) is -0.483. The molecule has 0 bridgehead atoms. The fourth-order valence-corrected chi connectivity index (χ4v) is 3.64. The number of nitrogens with zero attached hydrogens (tertiary/aromatic N) is 1. The van der Waals surface area contributed by atoms with Gasteiger partial charge in [-0.25, -0.2) is 9.18 Å². The van der Waals surface area contributed by atoms with Gasteiger partial charge in [0, 0.05) is 11.8 Å². The summed E-state index contributed by atoms with van der Waals surface area (Å²) in [6.07, 6.45) is 4.25. The molecule has 1 aliphatic carbocycles. The van der Waals surface area contributed by atoms with Gasteiger partial charge in [-0.05, 0) is 66.3 Å². The second kappa shape index (κ2) is 8.27. The van der Waals surface area contributed by atoms with Crippen molar-refractivity contribution in [3.8, 4) is 5.75 Å². The smallest absolute Gasteiger partial charge is 0.335 e. The van der Waals surface area contributed by atoms with Crippen molar-refractivity contribution in [1.29, 1.82) is 0 Å². The van der Waals surface area contributed by atoms with Crippen LogP contribution in [0.5, 0.6) is 5.75 Å². The van der Waals surface area contributed by atoms with E-state index in [9.17, 15) is 14.3 Å². The van der Waals surface area contributed by atoms with Crippen LogP contribution in [0, 0.1) is 5.82 Å². The van der Waals surface area contributed by atoms with Gasteiger partial charge in [-0.1, -0.05) is 30.3 Å². The molecule has 1 aromatic heterocycles. The summed E-state index contributed by atoms with van der Waals surface area (Å²) >= 11 is 0. The maximum Gasteiger partial charge on any atom is 0.335 e.